The number of fused-ring (bicyclic) bond motifs is 1. The maximum atomic E-state index is 12.6. The fourth-order valence-electron chi connectivity index (χ4n) is 3.72. The number of hydrogen-bond acceptors (Lipinski definition) is 5. The van der Waals surface area contributed by atoms with Crippen molar-refractivity contribution in [3.05, 3.63) is 80.9 Å². The van der Waals surface area contributed by atoms with Gasteiger partial charge in [0.2, 0.25) is 0 Å². The van der Waals surface area contributed by atoms with Crippen molar-refractivity contribution in [2.75, 3.05) is 6.61 Å². The van der Waals surface area contributed by atoms with E-state index in [4.69, 9.17) is 20.9 Å². The van der Waals surface area contributed by atoms with Crippen LogP contribution in [-0.4, -0.2) is 26.5 Å². The zero-order valence-electron chi connectivity index (χ0n) is 15.7. The summed E-state index contributed by atoms with van der Waals surface area (Å²) in [4.78, 5) is 17.1. The van der Waals surface area contributed by atoms with Crippen LogP contribution in [0.25, 0.3) is 5.65 Å². The Balaban J connectivity index is 1.33. The zero-order valence-corrected chi connectivity index (χ0v) is 16.5. The summed E-state index contributed by atoms with van der Waals surface area (Å²) >= 11 is 5.96. The fraction of sp³-hybridized carbons (Fsp3) is 0.300. The van der Waals surface area contributed by atoms with E-state index in [0.717, 1.165) is 17.7 Å². The Morgan fingerprint density at radius 3 is 2.90 bits per heavy atom. The van der Waals surface area contributed by atoms with Crippen LogP contribution in [0.4, 0.5) is 0 Å². The molecule has 0 spiro atoms. The van der Waals surface area contributed by atoms with Crippen molar-refractivity contribution in [3.63, 3.8) is 0 Å². The minimum absolute atomic E-state index is 0.0186. The highest BCUT2D eigenvalue weighted by Gasteiger charge is 2.31. The van der Waals surface area contributed by atoms with Crippen molar-refractivity contribution < 1.29 is 13.7 Å². The number of aromatic amines is 1. The SMILES string of the molecule is Cc1cccc2[nH]n(Cc3nc([C@@H]4CO[C@@H](c5ccc(Cl)cc5)C4)no3)c(=O)[n+]12. The van der Waals surface area contributed by atoms with Crippen LogP contribution >= 0.6 is 11.6 Å². The number of nitrogens with zero attached hydrogens (tertiary/aromatic N) is 4. The van der Waals surface area contributed by atoms with Crippen LogP contribution in [0.15, 0.2) is 51.8 Å². The highest BCUT2D eigenvalue weighted by molar-refractivity contribution is 6.30. The van der Waals surface area contributed by atoms with E-state index in [9.17, 15) is 4.79 Å². The molecule has 29 heavy (non-hydrogen) atoms. The second-order valence-electron chi connectivity index (χ2n) is 7.22. The van der Waals surface area contributed by atoms with E-state index in [-0.39, 0.29) is 24.3 Å². The molecule has 5 rings (SSSR count). The first-order chi connectivity index (χ1) is 14.1. The zero-order chi connectivity index (χ0) is 20.0. The number of aromatic nitrogens is 5. The molecule has 4 heterocycles. The number of rotatable bonds is 4. The maximum Gasteiger partial charge on any atom is 0.476 e. The third kappa shape index (κ3) is 3.34. The lowest BCUT2D eigenvalue weighted by Gasteiger charge is -2.09. The van der Waals surface area contributed by atoms with Gasteiger partial charge in [-0.1, -0.05) is 35.0 Å². The van der Waals surface area contributed by atoms with Gasteiger partial charge in [0.15, 0.2) is 12.4 Å². The summed E-state index contributed by atoms with van der Waals surface area (Å²) in [7, 11) is 0. The van der Waals surface area contributed by atoms with E-state index in [0.29, 0.717) is 29.0 Å². The van der Waals surface area contributed by atoms with E-state index in [2.05, 4.69) is 15.2 Å². The highest BCUT2D eigenvalue weighted by atomic mass is 35.5. The third-order valence-corrected chi connectivity index (χ3v) is 5.49. The van der Waals surface area contributed by atoms with Gasteiger partial charge in [-0.2, -0.15) is 14.5 Å². The van der Waals surface area contributed by atoms with Gasteiger partial charge in [0.25, 0.3) is 11.5 Å². The van der Waals surface area contributed by atoms with Crippen LogP contribution in [0.2, 0.25) is 5.02 Å². The Morgan fingerprint density at radius 1 is 1.28 bits per heavy atom. The molecule has 1 fully saturated rings. The van der Waals surface area contributed by atoms with E-state index < -0.39 is 0 Å². The lowest BCUT2D eigenvalue weighted by Crippen LogP contribution is -2.43. The van der Waals surface area contributed by atoms with Crippen LogP contribution in [0.1, 0.15) is 41.4 Å². The first kappa shape index (κ1) is 18.1. The maximum absolute atomic E-state index is 12.6. The summed E-state index contributed by atoms with van der Waals surface area (Å²) in [5, 5.41) is 7.88. The Morgan fingerprint density at radius 2 is 2.10 bits per heavy atom. The number of ether oxygens (including phenoxy) is 1. The molecule has 1 N–H and O–H groups in total. The molecule has 0 amide bonds. The molecule has 148 valence electrons. The Labute approximate surface area is 170 Å². The third-order valence-electron chi connectivity index (χ3n) is 5.24. The molecule has 8 nitrogen and oxygen atoms in total. The monoisotopic (exact) mass is 412 g/mol. The molecular weight excluding hydrogens is 394 g/mol. The van der Waals surface area contributed by atoms with Crippen molar-refractivity contribution >= 4 is 17.2 Å². The molecule has 1 saturated heterocycles. The standard InChI is InChI=1S/C20H18ClN5O3/c1-12-3-2-4-17-23-25(20(27)26(12)17)10-18-22-19(24-29-18)14-9-16(28-11-14)13-5-7-15(21)8-6-13/h2-8,14,16H,9-11H2,1H3/p+1/t14-,16+/m0/s1. The summed E-state index contributed by atoms with van der Waals surface area (Å²) in [6, 6.07) is 13.3. The van der Waals surface area contributed by atoms with Crippen molar-refractivity contribution in [3.8, 4) is 0 Å². The Hall–Kier alpha value is -2.97. The quantitative estimate of drug-likeness (QED) is 0.520. The number of H-pyrrole nitrogens is 1. The largest absolute Gasteiger partial charge is 0.476 e. The Bertz CT molecular complexity index is 1230. The molecule has 2 atom stereocenters. The van der Waals surface area contributed by atoms with Gasteiger partial charge in [-0.3, -0.25) is 0 Å². The molecule has 1 aliphatic heterocycles. The van der Waals surface area contributed by atoms with Gasteiger partial charge in [0.1, 0.15) is 0 Å². The lowest BCUT2D eigenvalue weighted by atomic mass is 10.0. The molecule has 0 aliphatic carbocycles. The average Bonchev–Trinajstić information content (AvgIpc) is 3.43. The smallest absolute Gasteiger partial charge is 0.373 e. The topological polar surface area (TPSA) is 90.0 Å². The van der Waals surface area contributed by atoms with E-state index in [1.54, 1.807) is 4.40 Å². The number of pyridine rings is 1. The molecule has 0 radical (unpaired) electrons. The predicted molar refractivity (Wildman–Crippen MR) is 104 cm³/mol. The fourth-order valence-corrected chi connectivity index (χ4v) is 3.85. The molecule has 1 aliphatic rings. The second-order valence-corrected chi connectivity index (χ2v) is 7.66. The van der Waals surface area contributed by atoms with Crippen molar-refractivity contribution in [1.29, 1.82) is 0 Å². The number of benzene rings is 1. The molecule has 0 bridgehead atoms. The molecular formula is C20H19ClN5O3+. The van der Waals surface area contributed by atoms with Gasteiger partial charge in [0.05, 0.1) is 18.4 Å². The molecule has 9 heteroatoms. The number of nitrogens with one attached hydrogen (secondary N) is 1. The molecule has 1 aromatic carbocycles. The summed E-state index contributed by atoms with van der Waals surface area (Å²) in [5.41, 5.74) is 2.47. The minimum atomic E-state index is -0.176. The summed E-state index contributed by atoms with van der Waals surface area (Å²) < 4.78 is 14.4. The highest BCUT2D eigenvalue weighted by Crippen LogP contribution is 2.37. The van der Waals surface area contributed by atoms with E-state index in [1.165, 1.54) is 4.68 Å². The van der Waals surface area contributed by atoms with Crippen molar-refractivity contribution in [2.45, 2.75) is 31.9 Å². The van der Waals surface area contributed by atoms with Crippen LogP contribution < -0.4 is 10.1 Å². The van der Waals surface area contributed by atoms with Gasteiger partial charge in [0, 0.05) is 17.0 Å². The van der Waals surface area contributed by atoms with Gasteiger partial charge >= 0.3 is 5.69 Å². The Kier molecular flexibility index (Phi) is 4.44. The first-order valence-corrected chi connectivity index (χ1v) is 9.76. The van der Waals surface area contributed by atoms with Crippen molar-refractivity contribution in [2.24, 2.45) is 0 Å². The predicted octanol–water partition coefficient (Wildman–Crippen LogP) is 2.55. The summed E-state index contributed by atoms with van der Waals surface area (Å²) in [5.74, 6) is 1.02. The van der Waals surface area contributed by atoms with Crippen LogP contribution in [0.3, 0.4) is 0 Å². The lowest BCUT2D eigenvalue weighted by molar-refractivity contribution is -0.537. The van der Waals surface area contributed by atoms with Gasteiger partial charge in [-0.05, 0) is 37.1 Å². The van der Waals surface area contributed by atoms with E-state index >= 15 is 0 Å². The minimum Gasteiger partial charge on any atom is -0.373 e. The van der Waals surface area contributed by atoms with Gasteiger partial charge in [-0.15, -0.1) is 4.68 Å². The first-order valence-electron chi connectivity index (χ1n) is 9.38. The summed E-state index contributed by atoms with van der Waals surface area (Å²) in [6.07, 6.45) is 0.747. The number of aryl methyl sites for hydroxylation is 1. The van der Waals surface area contributed by atoms with Crippen LogP contribution in [0.5, 0.6) is 0 Å². The summed E-state index contributed by atoms with van der Waals surface area (Å²) in [6.45, 7) is 2.59. The molecule has 0 saturated carbocycles. The molecule has 4 aromatic rings. The second kappa shape index (κ2) is 7.13. The van der Waals surface area contributed by atoms with Gasteiger partial charge < -0.3 is 9.26 Å². The van der Waals surface area contributed by atoms with Crippen molar-refractivity contribution in [1.82, 2.24) is 19.9 Å². The van der Waals surface area contributed by atoms with Gasteiger partial charge in [-0.25, -0.2) is 4.79 Å². The number of hydrogen-bond donors (Lipinski definition) is 1. The van der Waals surface area contributed by atoms with Crippen LogP contribution in [-0.2, 0) is 11.3 Å². The molecule has 0 unspecified atom stereocenters. The molecule has 3 aromatic heterocycles. The normalized spacial score (nSPS) is 19.2. The van der Waals surface area contributed by atoms with Crippen LogP contribution in [0, 0.1) is 6.92 Å². The average molecular weight is 413 g/mol. The van der Waals surface area contributed by atoms with E-state index in [1.807, 2.05) is 49.4 Å². The number of halogens is 1.